The molecule has 0 N–H and O–H groups in total. The van der Waals surface area contributed by atoms with Crippen LogP contribution in [0.15, 0.2) is 42.5 Å². The minimum Gasteiger partial charge on any atom is -0.122 e. The van der Waals surface area contributed by atoms with Crippen molar-refractivity contribution in [3.05, 3.63) is 58.1 Å². The van der Waals surface area contributed by atoms with E-state index < -0.39 is 0 Å². The van der Waals surface area contributed by atoms with Gasteiger partial charge >= 0.3 is 0 Å². The third-order valence-electron chi connectivity index (χ3n) is 2.28. The maximum Gasteiger partial charge on any atom is 0.0474 e. The molecule has 0 radical (unpaired) electrons. The summed E-state index contributed by atoms with van der Waals surface area (Å²) in [6.07, 6.45) is 0. The van der Waals surface area contributed by atoms with Crippen LogP contribution in [0.4, 0.5) is 0 Å². The lowest BCUT2D eigenvalue weighted by atomic mass is 10.0. The number of hydrogen-bond donors (Lipinski definition) is 0. The molecule has 3 heteroatoms. The average Bonchev–Trinajstić information content (AvgIpc) is 2.28. The Morgan fingerprint density at radius 1 is 0.812 bits per heavy atom. The van der Waals surface area contributed by atoms with E-state index in [0.717, 1.165) is 16.7 Å². The number of alkyl halides is 1. The second-order valence-corrected chi connectivity index (χ2v) is 4.63. The van der Waals surface area contributed by atoms with Gasteiger partial charge in [0.25, 0.3) is 0 Å². The molecule has 2 aromatic carbocycles. The maximum absolute atomic E-state index is 5.96. The summed E-state index contributed by atoms with van der Waals surface area (Å²) in [5, 5.41) is 1.28. The van der Waals surface area contributed by atoms with Crippen LogP contribution in [-0.4, -0.2) is 0 Å². The van der Waals surface area contributed by atoms with Crippen molar-refractivity contribution in [2.75, 3.05) is 0 Å². The predicted molar refractivity (Wildman–Crippen MR) is 71.5 cm³/mol. The predicted octanol–water partition coefficient (Wildman–Crippen LogP) is 5.40. The monoisotopic (exact) mass is 270 g/mol. The summed E-state index contributed by atoms with van der Waals surface area (Å²) in [5.41, 5.74) is 3.15. The highest BCUT2D eigenvalue weighted by molar-refractivity contribution is 6.35. The molecule has 0 nitrogen and oxygen atoms in total. The molecule has 0 heterocycles. The van der Waals surface area contributed by atoms with Crippen LogP contribution in [0.5, 0.6) is 0 Å². The first-order valence-electron chi connectivity index (χ1n) is 4.80. The number of benzene rings is 2. The third kappa shape index (κ3) is 2.70. The molecular formula is C13H9Cl3. The summed E-state index contributed by atoms with van der Waals surface area (Å²) in [7, 11) is 0. The van der Waals surface area contributed by atoms with Crippen molar-refractivity contribution in [3.8, 4) is 11.1 Å². The highest BCUT2D eigenvalue weighted by atomic mass is 35.5. The van der Waals surface area contributed by atoms with Crippen LogP contribution in [-0.2, 0) is 5.88 Å². The highest BCUT2D eigenvalue weighted by Crippen LogP contribution is 2.27. The second kappa shape index (κ2) is 5.09. The lowest BCUT2D eigenvalue weighted by Crippen LogP contribution is -1.82. The molecule has 0 fully saturated rings. The summed E-state index contributed by atoms with van der Waals surface area (Å²) >= 11 is 17.7. The van der Waals surface area contributed by atoms with Gasteiger partial charge in [0.15, 0.2) is 0 Å². The van der Waals surface area contributed by atoms with E-state index in [2.05, 4.69) is 0 Å². The molecule has 0 aliphatic rings. The number of hydrogen-bond acceptors (Lipinski definition) is 0. The van der Waals surface area contributed by atoms with Gasteiger partial charge in [-0.3, -0.25) is 0 Å². The standard InChI is InChI=1S/C13H9Cl3/c14-8-9-2-1-3-10(4-9)11-5-12(15)7-13(16)6-11/h1-7H,8H2. The van der Waals surface area contributed by atoms with Gasteiger partial charge in [0.1, 0.15) is 0 Å². The minimum atomic E-state index is 0.502. The quantitative estimate of drug-likeness (QED) is 0.642. The molecule has 0 aliphatic heterocycles. The lowest BCUT2D eigenvalue weighted by Gasteiger charge is -2.05. The molecule has 0 aromatic heterocycles. The van der Waals surface area contributed by atoms with Gasteiger partial charge in [0.2, 0.25) is 0 Å². The fourth-order valence-electron chi connectivity index (χ4n) is 1.55. The Hall–Kier alpha value is -0.690. The number of halogens is 3. The molecule has 0 spiro atoms. The van der Waals surface area contributed by atoms with Gasteiger partial charge in [-0.25, -0.2) is 0 Å². The molecule has 82 valence electrons. The van der Waals surface area contributed by atoms with Crippen molar-refractivity contribution in [1.82, 2.24) is 0 Å². The molecule has 2 rings (SSSR count). The average molecular weight is 272 g/mol. The van der Waals surface area contributed by atoms with E-state index in [1.165, 1.54) is 0 Å². The summed E-state index contributed by atoms with van der Waals surface area (Å²) in [6, 6.07) is 13.5. The van der Waals surface area contributed by atoms with Crippen molar-refractivity contribution in [1.29, 1.82) is 0 Å². The minimum absolute atomic E-state index is 0.502. The molecule has 0 atom stereocenters. The van der Waals surface area contributed by atoms with E-state index in [4.69, 9.17) is 34.8 Å². The van der Waals surface area contributed by atoms with Crippen molar-refractivity contribution in [2.45, 2.75) is 5.88 Å². The first kappa shape index (κ1) is 11.8. The summed E-state index contributed by atoms with van der Waals surface area (Å²) in [5.74, 6) is 0.502. The molecule has 0 aliphatic carbocycles. The Morgan fingerprint density at radius 3 is 2.12 bits per heavy atom. The fourth-order valence-corrected chi connectivity index (χ4v) is 2.25. The van der Waals surface area contributed by atoms with Crippen LogP contribution in [0.2, 0.25) is 10.0 Å². The smallest absolute Gasteiger partial charge is 0.0474 e. The Balaban J connectivity index is 2.49. The van der Waals surface area contributed by atoms with Gasteiger partial charge in [0.05, 0.1) is 0 Å². The molecule has 0 amide bonds. The first-order valence-corrected chi connectivity index (χ1v) is 6.09. The van der Waals surface area contributed by atoms with E-state index >= 15 is 0 Å². The van der Waals surface area contributed by atoms with E-state index in [9.17, 15) is 0 Å². The molecule has 0 unspecified atom stereocenters. The zero-order chi connectivity index (χ0) is 11.5. The van der Waals surface area contributed by atoms with E-state index in [0.29, 0.717) is 15.9 Å². The lowest BCUT2D eigenvalue weighted by molar-refractivity contribution is 1.40. The van der Waals surface area contributed by atoms with Gasteiger partial charge in [-0.2, -0.15) is 0 Å². The third-order valence-corrected chi connectivity index (χ3v) is 3.02. The molecule has 2 aromatic rings. The van der Waals surface area contributed by atoms with Gasteiger partial charge in [-0.15, -0.1) is 11.6 Å². The van der Waals surface area contributed by atoms with E-state index in [-0.39, 0.29) is 0 Å². The number of rotatable bonds is 2. The van der Waals surface area contributed by atoms with Crippen LogP contribution in [0, 0.1) is 0 Å². The molecule has 0 saturated heterocycles. The summed E-state index contributed by atoms with van der Waals surface area (Å²) < 4.78 is 0. The van der Waals surface area contributed by atoms with Crippen LogP contribution in [0.3, 0.4) is 0 Å². The van der Waals surface area contributed by atoms with E-state index in [1.54, 1.807) is 6.07 Å². The van der Waals surface area contributed by atoms with Gasteiger partial charge in [0, 0.05) is 15.9 Å². The molecule has 0 bridgehead atoms. The highest BCUT2D eigenvalue weighted by Gasteiger charge is 2.02. The normalized spacial score (nSPS) is 10.4. The first-order chi connectivity index (χ1) is 7.69. The Labute approximate surface area is 110 Å². The topological polar surface area (TPSA) is 0 Å². The maximum atomic E-state index is 5.96. The van der Waals surface area contributed by atoms with Crippen LogP contribution in [0.25, 0.3) is 11.1 Å². The summed E-state index contributed by atoms with van der Waals surface area (Å²) in [6.45, 7) is 0. The van der Waals surface area contributed by atoms with Crippen LogP contribution >= 0.6 is 34.8 Å². The molecule has 16 heavy (non-hydrogen) atoms. The summed E-state index contributed by atoms with van der Waals surface area (Å²) in [4.78, 5) is 0. The van der Waals surface area contributed by atoms with Crippen LogP contribution in [0.1, 0.15) is 5.56 Å². The Morgan fingerprint density at radius 2 is 1.50 bits per heavy atom. The largest absolute Gasteiger partial charge is 0.122 e. The van der Waals surface area contributed by atoms with Crippen LogP contribution < -0.4 is 0 Å². The van der Waals surface area contributed by atoms with Crippen molar-refractivity contribution < 1.29 is 0 Å². The SMILES string of the molecule is ClCc1cccc(-c2cc(Cl)cc(Cl)c2)c1. The van der Waals surface area contributed by atoms with Gasteiger partial charge < -0.3 is 0 Å². The molecule has 0 saturated carbocycles. The van der Waals surface area contributed by atoms with Crippen molar-refractivity contribution >= 4 is 34.8 Å². The fraction of sp³-hybridized carbons (Fsp3) is 0.0769. The Kier molecular flexibility index (Phi) is 3.75. The van der Waals surface area contributed by atoms with Crippen molar-refractivity contribution in [3.63, 3.8) is 0 Å². The van der Waals surface area contributed by atoms with Crippen molar-refractivity contribution in [2.24, 2.45) is 0 Å². The Bertz CT molecular complexity index is 486. The van der Waals surface area contributed by atoms with Gasteiger partial charge in [-0.05, 0) is 41.0 Å². The second-order valence-electron chi connectivity index (χ2n) is 3.49. The molecular weight excluding hydrogens is 263 g/mol. The van der Waals surface area contributed by atoms with E-state index in [1.807, 2.05) is 36.4 Å². The van der Waals surface area contributed by atoms with Gasteiger partial charge in [-0.1, -0.05) is 41.4 Å². The zero-order valence-electron chi connectivity index (χ0n) is 8.38. The zero-order valence-corrected chi connectivity index (χ0v) is 10.7.